The summed E-state index contributed by atoms with van der Waals surface area (Å²) in [7, 11) is 0. The molecule has 0 aromatic carbocycles. The number of hydrogen-bond donors (Lipinski definition) is 0. The first-order valence-corrected chi connectivity index (χ1v) is 6.07. The van der Waals surface area contributed by atoms with Crippen molar-refractivity contribution in [2.24, 2.45) is 22.0 Å². The van der Waals surface area contributed by atoms with Crippen LogP contribution in [-0.2, 0) is 0 Å². The molecule has 0 saturated carbocycles. The first-order chi connectivity index (χ1) is 7.01. The van der Waals surface area contributed by atoms with E-state index in [1.54, 1.807) is 0 Å². The Hall–Kier alpha value is 1.86. The van der Waals surface area contributed by atoms with Crippen LogP contribution in [0.2, 0.25) is 0 Å². The normalized spacial score (nSPS) is 13.9. The summed E-state index contributed by atoms with van der Waals surface area (Å²) in [6.07, 6.45) is 3.63. The van der Waals surface area contributed by atoms with Gasteiger partial charge in [-0.2, -0.15) is 10.2 Å². The predicted octanol–water partition coefficient (Wildman–Crippen LogP) is 6.21. The van der Waals surface area contributed by atoms with Gasteiger partial charge in [-0.1, -0.05) is 62.8 Å². The summed E-state index contributed by atoms with van der Waals surface area (Å²) in [6.45, 7) is 13.1. The third-order valence-corrected chi connectivity index (χ3v) is 3.16. The molecule has 2 unspecified atom stereocenters. The Balaban J connectivity index is -0.0000000393. The molecule has 1 aliphatic heterocycles. The van der Waals surface area contributed by atoms with Gasteiger partial charge in [0.15, 0.2) is 0 Å². The van der Waals surface area contributed by atoms with E-state index in [0.29, 0.717) is 0 Å². The maximum absolute atomic E-state index is 3.82. The molecule has 1 aliphatic rings. The van der Waals surface area contributed by atoms with Gasteiger partial charge in [0.05, 0.1) is 0 Å². The van der Waals surface area contributed by atoms with Crippen molar-refractivity contribution in [1.82, 2.24) is 0 Å². The molecule has 2 atom stereocenters. The molecule has 0 aromatic rings. The Morgan fingerprint density at radius 2 is 1.05 bits per heavy atom. The van der Waals surface area contributed by atoms with Gasteiger partial charge >= 0.3 is 0 Å². The van der Waals surface area contributed by atoms with Crippen LogP contribution >= 0.6 is 0 Å². The quantitative estimate of drug-likeness (QED) is 0.584. The molecule has 0 spiro atoms. The number of hydrogen-bond acceptors (Lipinski definition) is 2. The van der Waals surface area contributed by atoms with Gasteiger partial charge in [-0.05, 0) is 25.7 Å². The van der Waals surface area contributed by atoms with Crippen LogP contribution in [-0.4, -0.2) is 11.4 Å². The molecule has 0 saturated heterocycles. The summed E-state index contributed by atoms with van der Waals surface area (Å²) in [6, 6.07) is 0. The minimum absolute atomic E-state index is 0. The summed E-state index contributed by atoms with van der Waals surface area (Å²) in [5.74, 6) is 1.83. The average molecular weight is 338 g/mol. The second-order valence-electron chi connectivity index (χ2n) is 4.62. The van der Waals surface area contributed by atoms with Crippen LogP contribution in [0.25, 0.3) is 0 Å². The van der Waals surface area contributed by atoms with E-state index in [4.69, 9.17) is 0 Å². The van der Waals surface area contributed by atoms with Crippen molar-refractivity contribution < 1.29 is 75.5 Å². The fourth-order valence-electron chi connectivity index (χ4n) is 1.42. The van der Waals surface area contributed by atoms with Crippen molar-refractivity contribution in [2.45, 2.75) is 83.1 Å². The first-order valence-electron chi connectivity index (χ1n) is 6.07. The molecule has 20 heavy (non-hydrogen) atoms. The Kier molecular flexibility index (Phi) is 43.7. The van der Waals surface area contributed by atoms with E-state index in [9.17, 15) is 0 Å². The molecule has 0 fully saturated rings. The molecule has 0 aromatic heterocycles. The average Bonchev–Trinajstić information content (AvgIpc) is 2.61. The van der Waals surface area contributed by atoms with Gasteiger partial charge < -0.3 is 0 Å². The molecule has 0 amide bonds. The van der Waals surface area contributed by atoms with E-state index in [1.807, 2.05) is 13.8 Å². The van der Waals surface area contributed by atoms with E-state index in [-0.39, 0.29) is 97.8 Å². The van der Waals surface area contributed by atoms with E-state index in [2.05, 4.69) is 37.9 Å². The van der Waals surface area contributed by atoms with Crippen LogP contribution in [0.4, 0.5) is 0 Å². The fourth-order valence-corrected chi connectivity index (χ4v) is 1.42. The summed E-state index contributed by atoms with van der Waals surface area (Å²) >= 11 is 0. The summed E-state index contributed by atoms with van der Waals surface area (Å²) in [5.41, 5.74) is 2.25. The van der Waals surface area contributed by atoms with Crippen LogP contribution < -0.4 is 0 Å². The third kappa shape index (κ3) is 19.9. The van der Waals surface area contributed by atoms with Crippen molar-refractivity contribution >= 4 is 11.4 Å². The van der Waals surface area contributed by atoms with Crippen molar-refractivity contribution in [2.75, 3.05) is 0 Å². The van der Waals surface area contributed by atoms with Crippen LogP contribution in [0.15, 0.2) is 10.2 Å². The van der Waals surface area contributed by atoms with Crippen LogP contribution in [0, 0.1) is 87.3 Å². The maximum atomic E-state index is 3.82. The molecule has 0 N–H and O–H groups in total. The minimum Gasteiger partial charge on any atom is -0.160 e. The fraction of sp³-hybridized carbons (Fsp3) is 0.875. The maximum Gasteiger partial charge on any atom is 0.0431 e. The Morgan fingerprint density at radius 1 is 0.800 bits per heavy atom. The monoisotopic (exact) mass is 338 g/mol. The van der Waals surface area contributed by atoms with Crippen LogP contribution in [0.5, 0.6) is 0 Å². The zero-order valence-corrected chi connectivity index (χ0v) is 13.3. The molecule has 1 heterocycles. The van der Waals surface area contributed by atoms with Crippen molar-refractivity contribution in [3.63, 3.8) is 0 Å². The van der Waals surface area contributed by atoms with Gasteiger partial charge in [0.1, 0.15) is 0 Å². The molecule has 1 rings (SSSR count). The first kappa shape index (κ1) is 37.8. The molecule has 0 radical (unpaired) electrons. The van der Waals surface area contributed by atoms with E-state index in [1.165, 1.54) is 12.8 Å². The van der Waals surface area contributed by atoms with Crippen LogP contribution in [0.1, 0.15) is 83.1 Å². The Bertz CT molecular complexity index is 215. The zero-order chi connectivity index (χ0) is 11.8. The molecular formula is C16H38Ar2N2. The summed E-state index contributed by atoms with van der Waals surface area (Å²) < 4.78 is 0. The zero-order valence-electron chi connectivity index (χ0n) is 11.9. The summed E-state index contributed by atoms with van der Waals surface area (Å²) in [4.78, 5) is 0. The van der Waals surface area contributed by atoms with Crippen molar-refractivity contribution in [3.8, 4) is 0 Å². The standard InChI is InChI=1S/C8H18.C5H8N2.3CH4.2Ar/c1-5-7(3)8(4)6-2;1-4-3-5(2)7-6-4;;;;;/h7-8H,5-6H2,1-4H3;3H2,1-2H3;3*1H4;;. The molecule has 128 valence electrons. The van der Waals surface area contributed by atoms with Gasteiger partial charge in [0.2, 0.25) is 0 Å². The van der Waals surface area contributed by atoms with Gasteiger partial charge in [-0.25, -0.2) is 0 Å². The molecule has 4 heteroatoms. The molecule has 0 bridgehead atoms. The van der Waals surface area contributed by atoms with Gasteiger partial charge in [0, 0.05) is 93.3 Å². The molecule has 0 aliphatic carbocycles. The molecular weight excluding hydrogens is 300 g/mol. The second-order valence-corrected chi connectivity index (χ2v) is 4.62. The minimum atomic E-state index is 0. The van der Waals surface area contributed by atoms with E-state index < -0.39 is 0 Å². The smallest absolute Gasteiger partial charge is 0.0431 e. The summed E-state index contributed by atoms with van der Waals surface area (Å²) in [5, 5.41) is 7.64. The van der Waals surface area contributed by atoms with Gasteiger partial charge in [0.25, 0.3) is 0 Å². The van der Waals surface area contributed by atoms with Crippen molar-refractivity contribution in [1.29, 1.82) is 0 Å². The second kappa shape index (κ2) is 23.1. The van der Waals surface area contributed by atoms with Crippen LogP contribution in [0.3, 0.4) is 0 Å². The molecule has 2 nitrogen and oxygen atoms in total. The SMILES string of the molecule is C.C.C.CC1=NN=C(C)C1.CCC(C)C(C)CC.[Ar].[Ar]. The predicted molar refractivity (Wildman–Crippen MR) is 89.9 cm³/mol. The number of nitrogens with zero attached hydrogens (tertiary/aromatic N) is 2. The largest absolute Gasteiger partial charge is 0.160 e. The van der Waals surface area contributed by atoms with E-state index in [0.717, 1.165) is 29.7 Å². The third-order valence-electron chi connectivity index (χ3n) is 3.16. The topological polar surface area (TPSA) is 24.7 Å². The number of rotatable bonds is 3. The van der Waals surface area contributed by atoms with Crippen molar-refractivity contribution in [3.05, 3.63) is 0 Å². The Morgan fingerprint density at radius 3 is 1.15 bits per heavy atom. The van der Waals surface area contributed by atoms with E-state index >= 15 is 0 Å². The van der Waals surface area contributed by atoms with Gasteiger partial charge in [-0.3, -0.25) is 0 Å². The van der Waals surface area contributed by atoms with Gasteiger partial charge in [-0.15, -0.1) is 0 Å². The Labute approximate surface area is 189 Å².